The Morgan fingerprint density at radius 3 is 3.11 bits per heavy atom. The molecule has 0 saturated carbocycles. The standard InChI is InChI=1S/C14H19NO3/c1-17-14(16)12-5-2-6-13(8-12)18-10-11-4-3-7-15-9-11/h2,5-6,8,11,15H,3-4,7,9-10H2,1H3/t11-/m1/s1. The van der Waals surface area contributed by atoms with Gasteiger partial charge in [0.05, 0.1) is 19.3 Å². The number of carbonyl (C=O) groups excluding carboxylic acids is 1. The van der Waals surface area contributed by atoms with E-state index in [-0.39, 0.29) is 5.97 Å². The predicted octanol–water partition coefficient (Wildman–Crippen LogP) is 1.85. The molecule has 98 valence electrons. The molecule has 2 rings (SSSR count). The van der Waals surface area contributed by atoms with Gasteiger partial charge in [0.1, 0.15) is 5.75 Å². The SMILES string of the molecule is COC(=O)c1cccc(OC[C@@H]2CCCNC2)c1. The van der Waals surface area contributed by atoms with E-state index in [9.17, 15) is 4.79 Å². The molecule has 1 aromatic carbocycles. The van der Waals surface area contributed by atoms with Crippen molar-refractivity contribution in [3.63, 3.8) is 0 Å². The van der Waals surface area contributed by atoms with E-state index in [2.05, 4.69) is 10.1 Å². The second-order valence-corrected chi connectivity index (χ2v) is 4.54. The fourth-order valence-corrected chi connectivity index (χ4v) is 2.11. The molecule has 0 unspecified atom stereocenters. The molecule has 1 fully saturated rings. The zero-order chi connectivity index (χ0) is 12.8. The molecule has 1 aliphatic heterocycles. The van der Waals surface area contributed by atoms with Gasteiger partial charge in [0, 0.05) is 12.5 Å². The van der Waals surface area contributed by atoms with Crippen LogP contribution in [-0.2, 0) is 4.74 Å². The molecule has 1 heterocycles. The van der Waals surface area contributed by atoms with E-state index in [0.29, 0.717) is 18.1 Å². The van der Waals surface area contributed by atoms with E-state index in [4.69, 9.17) is 4.74 Å². The number of rotatable bonds is 4. The maximum Gasteiger partial charge on any atom is 0.337 e. The number of ether oxygens (including phenoxy) is 2. The third-order valence-electron chi connectivity index (χ3n) is 3.14. The summed E-state index contributed by atoms with van der Waals surface area (Å²) in [6.45, 7) is 2.81. The molecule has 1 atom stereocenters. The fourth-order valence-electron chi connectivity index (χ4n) is 2.11. The lowest BCUT2D eigenvalue weighted by molar-refractivity contribution is 0.0600. The van der Waals surface area contributed by atoms with Crippen molar-refractivity contribution in [1.82, 2.24) is 5.32 Å². The van der Waals surface area contributed by atoms with Crippen molar-refractivity contribution < 1.29 is 14.3 Å². The highest BCUT2D eigenvalue weighted by molar-refractivity contribution is 5.89. The Hall–Kier alpha value is -1.55. The van der Waals surface area contributed by atoms with Crippen molar-refractivity contribution in [3.8, 4) is 5.75 Å². The summed E-state index contributed by atoms with van der Waals surface area (Å²) in [6, 6.07) is 7.12. The zero-order valence-electron chi connectivity index (χ0n) is 10.6. The summed E-state index contributed by atoms with van der Waals surface area (Å²) in [6.07, 6.45) is 2.40. The number of nitrogens with one attached hydrogen (secondary N) is 1. The van der Waals surface area contributed by atoms with Gasteiger partial charge in [0.2, 0.25) is 0 Å². The van der Waals surface area contributed by atoms with Crippen molar-refractivity contribution in [2.45, 2.75) is 12.8 Å². The summed E-state index contributed by atoms with van der Waals surface area (Å²) in [5.74, 6) is 0.948. The van der Waals surface area contributed by atoms with Crippen LogP contribution in [0.3, 0.4) is 0 Å². The number of hydrogen-bond acceptors (Lipinski definition) is 4. The second-order valence-electron chi connectivity index (χ2n) is 4.54. The second kappa shape index (κ2) is 6.40. The highest BCUT2D eigenvalue weighted by Crippen LogP contribution is 2.17. The summed E-state index contributed by atoms with van der Waals surface area (Å²) in [4.78, 5) is 11.4. The van der Waals surface area contributed by atoms with Crippen molar-refractivity contribution in [3.05, 3.63) is 29.8 Å². The average Bonchev–Trinajstić information content (AvgIpc) is 2.45. The van der Waals surface area contributed by atoms with Crippen LogP contribution in [0.25, 0.3) is 0 Å². The molecular formula is C14H19NO3. The summed E-state index contributed by atoms with van der Waals surface area (Å²) in [7, 11) is 1.38. The third-order valence-corrected chi connectivity index (χ3v) is 3.14. The number of carbonyl (C=O) groups is 1. The molecule has 0 aliphatic carbocycles. The largest absolute Gasteiger partial charge is 0.493 e. The molecule has 1 aromatic rings. The fraction of sp³-hybridized carbons (Fsp3) is 0.500. The zero-order valence-corrected chi connectivity index (χ0v) is 10.6. The van der Waals surface area contributed by atoms with Crippen molar-refractivity contribution in [2.75, 3.05) is 26.8 Å². The van der Waals surface area contributed by atoms with Gasteiger partial charge in [0.15, 0.2) is 0 Å². The number of hydrogen-bond donors (Lipinski definition) is 1. The number of esters is 1. The Kier molecular flexibility index (Phi) is 4.59. The first-order valence-corrected chi connectivity index (χ1v) is 6.31. The Labute approximate surface area is 107 Å². The van der Waals surface area contributed by atoms with Crippen molar-refractivity contribution in [1.29, 1.82) is 0 Å². The molecule has 4 heteroatoms. The smallest absolute Gasteiger partial charge is 0.337 e. The Bertz CT molecular complexity index is 400. The first-order valence-electron chi connectivity index (χ1n) is 6.31. The maximum absolute atomic E-state index is 11.4. The molecule has 1 aliphatic rings. The monoisotopic (exact) mass is 249 g/mol. The summed E-state index contributed by atoms with van der Waals surface area (Å²) >= 11 is 0. The van der Waals surface area contributed by atoms with E-state index < -0.39 is 0 Å². The van der Waals surface area contributed by atoms with Crippen molar-refractivity contribution >= 4 is 5.97 Å². The Morgan fingerprint density at radius 2 is 2.39 bits per heavy atom. The molecular weight excluding hydrogens is 230 g/mol. The van der Waals surface area contributed by atoms with Gasteiger partial charge in [-0.15, -0.1) is 0 Å². The predicted molar refractivity (Wildman–Crippen MR) is 68.9 cm³/mol. The first kappa shape index (κ1) is 12.9. The Morgan fingerprint density at radius 1 is 1.50 bits per heavy atom. The number of benzene rings is 1. The Balaban J connectivity index is 1.90. The minimum absolute atomic E-state index is 0.334. The molecule has 0 spiro atoms. The summed E-state index contributed by atoms with van der Waals surface area (Å²) in [5.41, 5.74) is 0.525. The van der Waals surface area contributed by atoms with Gasteiger partial charge in [-0.25, -0.2) is 4.79 Å². The minimum atomic E-state index is -0.334. The molecule has 0 radical (unpaired) electrons. The van der Waals surface area contributed by atoms with Gasteiger partial charge in [-0.2, -0.15) is 0 Å². The van der Waals surface area contributed by atoms with Crippen LogP contribution in [0.15, 0.2) is 24.3 Å². The molecule has 0 aromatic heterocycles. The van der Waals surface area contributed by atoms with Crippen LogP contribution in [0.4, 0.5) is 0 Å². The van der Waals surface area contributed by atoms with Crippen LogP contribution in [0.1, 0.15) is 23.2 Å². The van der Waals surface area contributed by atoms with E-state index in [0.717, 1.165) is 18.8 Å². The van der Waals surface area contributed by atoms with E-state index in [1.54, 1.807) is 18.2 Å². The minimum Gasteiger partial charge on any atom is -0.493 e. The van der Waals surface area contributed by atoms with Gasteiger partial charge < -0.3 is 14.8 Å². The van der Waals surface area contributed by atoms with Gasteiger partial charge in [0.25, 0.3) is 0 Å². The molecule has 1 N–H and O–H groups in total. The molecule has 1 saturated heterocycles. The lowest BCUT2D eigenvalue weighted by Gasteiger charge is -2.22. The molecule has 4 nitrogen and oxygen atoms in total. The van der Waals surface area contributed by atoms with Gasteiger partial charge in [-0.3, -0.25) is 0 Å². The van der Waals surface area contributed by atoms with Crippen LogP contribution >= 0.6 is 0 Å². The number of methoxy groups -OCH3 is 1. The highest BCUT2D eigenvalue weighted by atomic mass is 16.5. The quantitative estimate of drug-likeness (QED) is 0.827. The first-order chi connectivity index (χ1) is 8.79. The highest BCUT2D eigenvalue weighted by Gasteiger charge is 2.14. The van der Waals surface area contributed by atoms with E-state index in [1.165, 1.54) is 20.0 Å². The van der Waals surface area contributed by atoms with E-state index in [1.807, 2.05) is 6.07 Å². The molecule has 0 bridgehead atoms. The van der Waals surface area contributed by atoms with Gasteiger partial charge in [-0.05, 0) is 37.6 Å². The maximum atomic E-state index is 11.4. The normalized spacial score (nSPS) is 19.3. The van der Waals surface area contributed by atoms with Crippen LogP contribution in [-0.4, -0.2) is 32.8 Å². The number of piperidine rings is 1. The van der Waals surface area contributed by atoms with E-state index >= 15 is 0 Å². The van der Waals surface area contributed by atoms with Crippen LogP contribution in [0.2, 0.25) is 0 Å². The third kappa shape index (κ3) is 3.47. The lowest BCUT2D eigenvalue weighted by Crippen LogP contribution is -2.33. The molecule has 0 amide bonds. The topological polar surface area (TPSA) is 47.6 Å². The van der Waals surface area contributed by atoms with Gasteiger partial charge >= 0.3 is 5.97 Å². The summed E-state index contributed by atoms with van der Waals surface area (Å²) in [5, 5.41) is 3.36. The van der Waals surface area contributed by atoms with Crippen LogP contribution < -0.4 is 10.1 Å². The lowest BCUT2D eigenvalue weighted by atomic mass is 10.0. The molecule has 18 heavy (non-hydrogen) atoms. The van der Waals surface area contributed by atoms with Crippen LogP contribution in [0, 0.1) is 5.92 Å². The van der Waals surface area contributed by atoms with Crippen LogP contribution in [0.5, 0.6) is 5.75 Å². The average molecular weight is 249 g/mol. The van der Waals surface area contributed by atoms with Crippen molar-refractivity contribution in [2.24, 2.45) is 5.92 Å². The van der Waals surface area contributed by atoms with Gasteiger partial charge in [-0.1, -0.05) is 6.07 Å². The summed E-state index contributed by atoms with van der Waals surface area (Å²) < 4.78 is 10.4.